The van der Waals surface area contributed by atoms with E-state index in [9.17, 15) is 9.59 Å². The summed E-state index contributed by atoms with van der Waals surface area (Å²) in [7, 11) is 0. The molecule has 28 heavy (non-hydrogen) atoms. The van der Waals surface area contributed by atoms with Crippen LogP contribution in [0.25, 0.3) is 33.4 Å². The molecule has 0 saturated heterocycles. The van der Waals surface area contributed by atoms with E-state index in [1.807, 2.05) is 84.9 Å². The van der Waals surface area contributed by atoms with Crippen molar-refractivity contribution in [3.63, 3.8) is 0 Å². The van der Waals surface area contributed by atoms with E-state index < -0.39 is 0 Å². The van der Waals surface area contributed by atoms with E-state index in [1.54, 1.807) is 0 Å². The zero-order valence-electron chi connectivity index (χ0n) is 14.9. The van der Waals surface area contributed by atoms with Crippen molar-refractivity contribution < 1.29 is 9.59 Å². The van der Waals surface area contributed by atoms with Crippen LogP contribution in [-0.2, 0) is 0 Å². The highest BCUT2D eigenvalue weighted by atomic mass is 16.1. The van der Waals surface area contributed by atoms with Gasteiger partial charge < -0.3 is 0 Å². The van der Waals surface area contributed by atoms with E-state index >= 15 is 0 Å². The Morgan fingerprint density at radius 2 is 0.607 bits per heavy atom. The maximum absolute atomic E-state index is 13.2. The molecule has 0 fully saturated rings. The van der Waals surface area contributed by atoms with Crippen LogP contribution in [-0.4, -0.2) is 11.6 Å². The Balaban J connectivity index is 1.65. The highest BCUT2D eigenvalue weighted by Crippen LogP contribution is 2.46. The van der Waals surface area contributed by atoms with Gasteiger partial charge in [-0.25, -0.2) is 0 Å². The SMILES string of the molecule is O=C1c2ccccc2-c2cccc(-c3cccc4c3C(=O)c3ccccc3-4)c21. The van der Waals surface area contributed by atoms with E-state index in [0.29, 0.717) is 11.1 Å². The molecule has 0 spiro atoms. The summed E-state index contributed by atoms with van der Waals surface area (Å²) in [6.07, 6.45) is 0. The van der Waals surface area contributed by atoms with Crippen LogP contribution in [0.3, 0.4) is 0 Å². The first kappa shape index (κ1) is 15.3. The molecule has 0 unspecified atom stereocenters. The Bertz CT molecular complexity index is 1240. The van der Waals surface area contributed by atoms with Gasteiger partial charge in [0.1, 0.15) is 0 Å². The first-order valence-electron chi connectivity index (χ1n) is 9.30. The van der Waals surface area contributed by atoms with Crippen LogP contribution in [0.5, 0.6) is 0 Å². The molecule has 0 radical (unpaired) electrons. The Kier molecular flexibility index (Phi) is 2.93. The molecule has 0 N–H and O–H groups in total. The van der Waals surface area contributed by atoms with Crippen molar-refractivity contribution in [1.29, 1.82) is 0 Å². The van der Waals surface area contributed by atoms with E-state index in [-0.39, 0.29) is 11.6 Å². The second-order valence-electron chi connectivity index (χ2n) is 7.21. The van der Waals surface area contributed by atoms with Crippen LogP contribution in [0.2, 0.25) is 0 Å². The molecule has 0 aliphatic heterocycles. The monoisotopic (exact) mass is 358 g/mol. The fourth-order valence-electron chi connectivity index (χ4n) is 4.59. The predicted molar refractivity (Wildman–Crippen MR) is 110 cm³/mol. The van der Waals surface area contributed by atoms with Crippen LogP contribution in [0.4, 0.5) is 0 Å². The van der Waals surface area contributed by atoms with E-state index in [2.05, 4.69) is 0 Å². The lowest BCUT2D eigenvalue weighted by Crippen LogP contribution is -2.02. The number of carbonyl (C=O) groups excluding carboxylic acids is 2. The van der Waals surface area contributed by atoms with Crippen molar-refractivity contribution in [3.05, 3.63) is 107 Å². The zero-order chi connectivity index (χ0) is 18.8. The van der Waals surface area contributed by atoms with Crippen molar-refractivity contribution in [1.82, 2.24) is 0 Å². The second-order valence-corrected chi connectivity index (χ2v) is 7.21. The Hall–Kier alpha value is -3.78. The van der Waals surface area contributed by atoms with Gasteiger partial charge in [0, 0.05) is 22.3 Å². The minimum Gasteiger partial charge on any atom is -0.289 e. The van der Waals surface area contributed by atoms with Gasteiger partial charge in [0.15, 0.2) is 11.6 Å². The molecule has 0 atom stereocenters. The molecule has 0 aromatic heterocycles. The summed E-state index contributed by atoms with van der Waals surface area (Å²) in [4.78, 5) is 26.4. The quantitative estimate of drug-likeness (QED) is 0.373. The van der Waals surface area contributed by atoms with Crippen LogP contribution >= 0.6 is 0 Å². The van der Waals surface area contributed by atoms with Gasteiger partial charge in [-0.1, -0.05) is 84.9 Å². The predicted octanol–water partition coefficient (Wildman–Crippen LogP) is 5.78. The molecule has 2 aliphatic carbocycles. The average Bonchev–Trinajstić information content (AvgIpc) is 3.21. The molecular weight excluding hydrogens is 344 g/mol. The lowest BCUT2D eigenvalue weighted by molar-refractivity contribution is 0.103. The number of ketones is 2. The van der Waals surface area contributed by atoms with Gasteiger partial charge in [0.25, 0.3) is 0 Å². The van der Waals surface area contributed by atoms with Crippen LogP contribution in [0.15, 0.2) is 84.9 Å². The number of carbonyl (C=O) groups is 2. The number of fused-ring (bicyclic) bond motifs is 6. The lowest BCUT2D eigenvalue weighted by atomic mass is 9.90. The van der Waals surface area contributed by atoms with Crippen molar-refractivity contribution in [2.24, 2.45) is 0 Å². The molecule has 2 nitrogen and oxygen atoms in total. The van der Waals surface area contributed by atoms with Gasteiger partial charge in [-0.2, -0.15) is 0 Å². The minimum atomic E-state index is 0.0294. The fraction of sp³-hybridized carbons (Fsp3) is 0. The summed E-state index contributed by atoms with van der Waals surface area (Å²) in [6.45, 7) is 0. The molecule has 2 aliphatic rings. The highest BCUT2D eigenvalue weighted by molar-refractivity contribution is 6.28. The largest absolute Gasteiger partial charge is 0.289 e. The van der Waals surface area contributed by atoms with E-state index in [4.69, 9.17) is 0 Å². The van der Waals surface area contributed by atoms with Crippen molar-refractivity contribution in [3.8, 4) is 33.4 Å². The summed E-state index contributed by atoms with van der Waals surface area (Å²) in [5, 5.41) is 0. The third-order valence-electron chi connectivity index (χ3n) is 5.80. The maximum atomic E-state index is 13.2. The fourth-order valence-corrected chi connectivity index (χ4v) is 4.59. The van der Waals surface area contributed by atoms with Crippen molar-refractivity contribution in [2.75, 3.05) is 0 Å². The van der Waals surface area contributed by atoms with Crippen LogP contribution in [0, 0.1) is 0 Å². The highest BCUT2D eigenvalue weighted by Gasteiger charge is 2.33. The van der Waals surface area contributed by atoms with Gasteiger partial charge in [0.05, 0.1) is 0 Å². The Morgan fingerprint density at radius 1 is 0.321 bits per heavy atom. The van der Waals surface area contributed by atoms with Gasteiger partial charge in [0.2, 0.25) is 0 Å². The third kappa shape index (κ3) is 1.82. The van der Waals surface area contributed by atoms with E-state index in [1.165, 1.54) is 0 Å². The molecule has 4 aromatic rings. The molecule has 0 bridgehead atoms. The molecule has 0 saturated carbocycles. The van der Waals surface area contributed by atoms with Gasteiger partial charge >= 0.3 is 0 Å². The van der Waals surface area contributed by atoms with Crippen molar-refractivity contribution >= 4 is 11.6 Å². The zero-order valence-corrected chi connectivity index (χ0v) is 14.9. The molecular formula is C26H14O2. The number of hydrogen-bond donors (Lipinski definition) is 0. The summed E-state index contributed by atoms with van der Waals surface area (Å²) < 4.78 is 0. The second kappa shape index (κ2) is 5.37. The first-order chi connectivity index (χ1) is 13.8. The van der Waals surface area contributed by atoms with Gasteiger partial charge in [-0.05, 0) is 33.4 Å². The van der Waals surface area contributed by atoms with Gasteiger partial charge in [-0.3, -0.25) is 9.59 Å². The molecule has 4 aromatic carbocycles. The Morgan fingerprint density at radius 3 is 1.00 bits per heavy atom. The number of hydrogen-bond acceptors (Lipinski definition) is 2. The standard InChI is InChI=1S/C26H14O2/c27-25-21-9-3-1-7-15(21)17-11-5-13-19(23(17)25)20-14-6-12-18-16-8-2-4-10-22(16)26(28)24(18)20/h1-14H. The molecule has 2 heteroatoms. The molecule has 130 valence electrons. The molecule has 0 amide bonds. The molecule has 6 rings (SSSR count). The van der Waals surface area contributed by atoms with Gasteiger partial charge in [-0.15, -0.1) is 0 Å². The minimum absolute atomic E-state index is 0.0294. The smallest absolute Gasteiger partial charge is 0.194 e. The summed E-state index contributed by atoms with van der Waals surface area (Å²) in [6, 6.07) is 27.2. The first-order valence-corrected chi connectivity index (χ1v) is 9.30. The normalized spacial score (nSPS) is 13.1. The average molecular weight is 358 g/mol. The summed E-state index contributed by atoms with van der Waals surface area (Å²) in [5.41, 5.74) is 8.32. The lowest BCUT2D eigenvalue weighted by Gasteiger charge is -2.12. The van der Waals surface area contributed by atoms with Crippen molar-refractivity contribution in [2.45, 2.75) is 0 Å². The third-order valence-corrected chi connectivity index (χ3v) is 5.80. The van der Waals surface area contributed by atoms with Crippen LogP contribution in [0.1, 0.15) is 31.8 Å². The van der Waals surface area contributed by atoms with E-state index in [0.717, 1.165) is 44.5 Å². The number of benzene rings is 4. The summed E-state index contributed by atoms with van der Waals surface area (Å²) >= 11 is 0. The Labute approximate surface area is 162 Å². The maximum Gasteiger partial charge on any atom is 0.194 e. The molecule has 0 heterocycles. The van der Waals surface area contributed by atoms with Crippen LogP contribution < -0.4 is 0 Å². The topological polar surface area (TPSA) is 34.1 Å². The number of rotatable bonds is 1. The summed E-state index contributed by atoms with van der Waals surface area (Å²) in [5.74, 6) is 0.0588.